The van der Waals surface area contributed by atoms with E-state index in [4.69, 9.17) is 5.73 Å². The van der Waals surface area contributed by atoms with Gasteiger partial charge in [0, 0.05) is 19.1 Å². The first kappa shape index (κ1) is 13.5. The van der Waals surface area contributed by atoms with E-state index in [1.807, 2.05) is 18.7 Å². The number of carbonyl (C=O) groups excluding carboxylic acids is 1. The summed E-state index contributed by atoms with van der Waals surface area (Å²) >= 11 is 0. The molecular weight excluding hydrogens is 200 g/mol. The van der Waals surface area contributed by atoms with E-state index in [0.717, 1.165) is 19.5 Å². The maximum Gasteiger partial charge on any atom is 0.226 e. The molecule has 1 saturated heterocycles. The van der Waals surface area contributed by atoms with Gasteiger partial charge in [-0.3, -0.25) is 4.79 Å². The van der Waals surface area contributed by atoms with Crippen LogP contribution < -0.4 is 5.73 Å². The van der Waals surface area contributed by atoms with Crippen LogP contribution in [-0.2, 0) is 4.79 Å². The van der Waals surface area contributed by atoms with Crippen LogP contribution in [0.25, 0.3) is 0 Å². The van der Waals surface area contributed by atoms with E-state index >= 15 is 0 Å². The van der Waals surface area contributed by atoms with Gasteiger partial charge in [0.05, 0.1) is 5.92 Å². The summed E-state index contributed by atoms with van der Waals surface area (Å²) in [7, 11) is 0. The first-order valence-corrected chi connectivity index (χ1v) is 6.60. The van der Waals surface area contributed by atoms with Crippen LogP contribution in [0.3, 0.4) is 0 Å². The molecule has 0 aliphatic carbocycles. The third-order valence-electron chi connectivity index (χ3n) is 3.71. The minimum absolute atomic E-state index is 0.0413. The van der Waals surface area contributed by atoms with Crippen molar-refractivity contribution in [2.75, 3.05) is 13.1 Å². The van der Waals surface area contributed by atoms with Gasteiger partial charge in [-0.1, -0.05) is 20.3 Å². The molecule has 1 amide bonds. The van der Waals surface area contributed by atoms with E-state index in [2.05, 4.69) is 6.92 Å². The molecule has 0 spiro atoms. The predicted molar refractivity (Wildman–Crippen MR) is 67.0 cm³/mol. The van der Waals surface area contributed by atoms with Crippen molar-refractivity contribution in [2.45, 2.75) is 52.5 Å². The lowest BCUT2D eigenvalue weighted by atomic mass is 9.92. The van der Waals surface area contributed by atoms with Crippen molar-refractivity contribution >= 4 is 5.91 Å². The van der Waals surface area contributed by atoms with Gasteiger partial charge in [-0.25, -0.2) is 0 Å². The lowest BCUT2D eigenvalue weighted by Crippen LogP contribution is -2.46. The van der Waals surface area contributed by atoms with E-state index in [-0.39, 0.29) is 17.9 Å². The Morgan fingerprint density at radius 2 is 2.19 bits per heavy atom. The highest BCUT2D eigenvalue weighted by Crippen LogP contribution is 2.22. The van der Waals surface area contributed by atoms with Crippen molar-refractivity contribution in [3.8, 4) is 0 Å². The molecule has 2 N–H and O–H groups in total. The van der Waals surface area contributed by atoms with Crippen LogP contribution >= 0.6 is 0 Å². The van der Waals surface area contributed by atoms with Crippen molar-refractivity contribution in [3.63, 3.8) is 0 Å². The number of amides is 1. The lowest BCUT2D eigenvalue weighted by Gasteiger charge is -2.35. The van der Waals surface area contributed by atoms with Gasteiger partial charge in [0.1, 0.15) is 0 Å². The second-order valence-corrected chi connectivity index (χ2v) is 5.23. The average molecular weight is 226 g/mol. The zero-order valence-corrected chi connectivity index (χ0v) is 10.9. The maximum absolute atomic E-state index is 12.1. The summed E-state index contributed by atoms with van der Waals surface area (Å²) in [5.74, 6) is 0.916. The molecule has 3 unspecified atom stereocenters. The van der Waals surface area contributed by atoms with E-state index < -0.39 is 0 Å². The Balaban J connectivity index is 2.49. The van der Waals surface area contributed by atoms with Crippen molar-refractivity contribution in [1.82, 2.24) is 4.90 Å². The van der Waals surface area contributed by atoms with Crippen LogP contribution in [0, 0.1) is 11.8 Å². The molecule has 0 bridgehead atoms. The number of piperidine rings is 1. The fourth-order valence-electron chi connectivity index (χ4n) is 2.42. The number of carbonyl (C=O) groups is 1. The Hall–Kier alpha value is -0.570. The summed E-state index contributed by atoms with van der Waals surface area (Å²) in [5, 5.41) is 0. The van der Waals surface area contributed by atoms with Crippen molar-refractivity contribution in [3.05, 3.63) is 0 Å². The fourth-order valence-corrected chi connectivity index (χ4v) is 2.42. The number of likely N-dealkylation sites (tertiary alicyclic amines) is 1. The molecule has 0 aromatic carbocycles. The third-order valence-corrected chi connectivity index (χ3v) is 3.71. The molecule has 1 heterocycles. The van der Waals surface area contributed by atoms with E-state index in [9.17, 15) is 4.79 Å². The summed E-state index contributed by atoms with van der Waals surface area (Å²) < 4.78 is 0. The molecule has 3 heteroatoms. The molecule has 94 valence electrons. The molecule has 1 aliphatic heterocycles. The average Bonchev–Trinajstić information content (AvgIpc) is 2.28. The first-order valence-electron chi connectivity index (χ1n) is 6.60. The number of nitrogens with zero attached hydrogens (tertiary/aromatic N) is 1. The highest BCUT2D eigenvalue weighted by Gasteiger charge is 2.27. The van der Waals surface area contributed by atoms with Gasteiger partial charge >= 0.3 is 0 Å². The molecule has 0 saturated carbocycles. The second-order valence-electron chi connectivity index (χ2n) is 5.23. The predicted octanol–water partition coefficient (Wildman–Crippen LogP) is 2.01. The van der Waals surface area contributed by atoms with Crippen LogP contribution in [0.2, 0.25) is 0 Å². The fraction of sp³-hybridized carbons (Fsp3) is 0.923. The van der Waals surface area contributed by atoms with Gasteiger partial charge < -0.3 is 10.6 Å². The van der Waals surface area contributed by atoms with Crippen LogP contribution in [0.5, 0.6) is 0 Å². The summed E-state index contributed by atoms with van der Waals surface area (Å²) in [6.45, 7) is 7.94. The normalized spacial score (nSPS) is 25.2. The summed E-state index contributed by atoms with van der Waals surface area (Å²) in [6, 6.07) is -0.0425. The molecule has 3 atom stereocenters. The van der Waals surface area contributed by atoms with Gasteiger partial charge in [-0.15, -0.1) is 0 Å². The SMILES string of the molecule is CCCC1CCCN(C(=O)C(C)C(C)N)C1. The molecule has 16 heavy (non-hydrogen) atoms. The lowest BCUT2D eigenvalue weighted by molar-refractivity contribution is -0.137. The first-order chi connectivity index (χ1) is 7.56. The largest absolute Gasteiger partial charge is 0.342 e. The zero-order valence-electron chi connectivity index (χ0n) is 10.9. The Kier molecular flexibility index (Phi) is 5.26. The molecule has 0 radical (unpaired) electrons. The molecule has 0 aromatic rings. The van der Waals surface area contributed by atoms with Crippen molar-refractivity contribution in [1.29, 1.82) is 0 Å². The van der Waals surface area contributed by atoms with Crippen LogP contribution in [0.1, 0.15) is 46.5 Å². The zero-order chi connectivity index (χ0) is 12.1. The number of hydrogen-bond donors (Lipinski definition) is 1. The topological polar surface area (TPSA) is 46.3 Å². The number of hydrogen-bond acceptors (Lipinski definition) is 2. The number of nitrogens with two attached hydrogens (primary N) is 1. The summed E-state index contributed by atoms with van der Waals surface area (Å²) in [4.78, 5) is 14.2. The van der Waals surface area contributed by atoms with Crippen LogP contribution in [0.15, 0.2) is 0 Å². The molecule has 1 fully saturated rings. The molecular formula is C13H26N2O. The van der Waals surface area contributed by atoms with E-state index in [1.165, 1.54) is 19.3 Å². The Labute approximate surface area is 99.4 Å². The molecule has 1 rings (SSSR count). The Morgan fingerprint density at radius 1 is 1.50 bits per heavy atom. The van der Waals surface area contributed by atoms with Crippen LogP contribution in [0.4, 0.5) is 0 Å². The molecule has 1 aliphatic rings. The van der Waals surface area contributed by atoms with E-state index in [0.29, 0.717) is 5.92 Å². The molecule has 3 nitrogen and oxygen atoms in total. The van der Waals surface area contributed by atoms with Crippen LogP contribution in [-0.4, -0.2) is 29.9 Å². The van der Waals surface area contributed by atoms with Gasteiger partial charge in [0.2, 0.25) is 5.91 Å². The Morgan fingerprint density at radius 3 is 2.75 bits per heavy atom. The smallest absolute Gasteiger partial charge is 0.226 e. The number of rotatable bonds is 4. The molecule has 0 aromatic heterocycles. The van der Waals surface area contributed by atoms with Gasteiger partial charge in [0.15, 0.2) is 0 Å². The standard InChI is InChI=1S/C13H26N2O/c1-4-6-12-7-5-8-15(9-12)13(16)10(2)11(3)14/h10-12H,4-9,14H2,1-3H3. The second kappa shape index (κ2) is 6.24. The highest BCUT2D eigenvalue weighted by molar-refractivity contribution is 5.79. The highest BCUT2D eigenvalue weighted by atomic mass is 16.2. The summed E-state index contributed by atoms with van der Waals surface area (Å²) in [5.41, 5.74) is 5.79. The van der Waals surface area contributed by atoms with Gasteiger partial charge in [-0.05, 0) is 32.1 Å². The van der Waals surface area contributed by atoms with E-state index in [1.54, 1.807) is 0 Å². The quantitative estimate of drug-likeness (QED) is 0.797. The van der Waals surface area contributed by atoms with Gasteiger partial charge in [-0.2, -0.15) is 0 Å². The van der Waals surface area contributed by atoms with Crippen molar-refractivity contribution in [2.24, 2.45) is 17.6 Å². The third kappa shape index (κ3) is 3.48. The van der Waals surface area contributed by atoms with Crippen molar-refractivity contribution < 1.29 is 4.79 Å². The Bertz CT molecular complexity index is 226. The minimum atomic E-state index is -0.0425. The minimum Gasteiger partial charge on any atom is -0.342 e. The van der Waals surface area contributed by atoms with Gasteiger partial charge in [0.25, 0.3) is 0 Å². The summed E-state index contributed by atoms with van der Waals surface area (Å²) in [6.07, 6.45) is 4.90. The monoisotopic (exact) mass is 226 g/mol. The maximum atomic E-state index is 12.1.